The number of rotatable bonds is 7. The first-order chi connectivity index (χ1) is 7.66. The van der Waals surface area contributed by atoms with E-state index in [0.717, 1.165) is 38.1 Å². The molecule has 0 aromatic carbocycles. The summed E-state index contributed by atoms with van der Waals surface area (Å²) >= 11 is 0. The Labute approximate surface area is 98.0 Å². The van der Waals surface area contributed by atoms with Gasteiger partial charge in [0.05, 0.1) is 25.4 Å². The van der Waals surface area contributed by atoms with Crippen molar-refractivity contribution in [3.63, 3.8) is 0 Å². The van der Waals surface area contributed by atoms with Crippen LogP contribution in [0.4, 0.5) is 0 Å². The van der Waals surface area contributed by atoms with E-state index in [2.05, 4.69) is 12.2 Å². The van der Waals surface area contributed by atoms with Crippen LogP contribution in [0.5, 0.6) is 0 Å². The first kappa shape index (κ1) is 13.9. The molecule has 4 nitrogen and oxygen atoms in total. The van der Waals surface area contributed by atoms with Crippen LogP contribution in [0.3, 0.4) is 0 Å². The van der Waals surface area contributed by atoms with Crippen molar-refractivity contribution in [2.75, 3.05) is 32.9 Å². The predicted octanol–water partition coefficient (Wildman–Crippen LogP) is 0.526. The van der Waals surface area contributed by atoms with E-state index in [-0.39, 0.29) is 6.61 Å². The molecule has 0 aliphatic heterocycles. The summed E-state index contributed by atoms with van der Waals surface area (Å²) in [6, 6.07) is 0. The van der Waals surface area contributed by atoms with Gasteiger partial charge in [0, 0.05) is 13.1 Å². The van der Waals surface area contributed by atoms with Crippen molar-refractivity contribution in [2.45, 2.75) is 38.2 Å². The second-order valence-corrected chi connectivity index (χ2v) is 4.92. The fourth-order valence-electron chi connectivity index (χ4n) is 2.11. The molecular formula is C12H25NO3. The SMILES string of the molecule is CC1CCC(O)(CNCCOCCO)CC1. The largest absolute Gasteiger partial charge is 0.394 e. The minimum Gasteiger partial charge on any atom is -0.394 e. The lowest BCUT2D eigenvalue weighted by Crippen LogP contribution is -2.44. The lowest BCUT2D eigenvalue weighted by molar-refractivity contribution is -0.00765. The van der Waals surface area contributed by atoms with Gasteiger partial charge in [0.25, 0.3) is 0 Å². The van der Waals surface area contributed by atoms with E-state index in [1.165, 1.54) is 0 Å². The Morgan fingerprint density at radius 2 is 2.00 bits per heavy atom. The van der Waals surface area contributed by atoms with Crippen molar-refractivity contribution >= 4 is 0 Å². The Morgan fingerprint density at radius 1 is 1.31 bits per heavy atom. The molecule has 16 heavy (non-hydrogen) atoms. The third-order valence-corrected chi connectivity index (χ3v) is 3.32. The van der Waals surface area contributed by atoms with Crippen LogP contribution < -0.4 is 5.32 Å². The normalized spacial score (nSPS) is 30.6. The van der Waals surface area contributed by atoms with Gasteiger partial charge in [-0.15, -0.1) is 0 Å². The van der Waals surface area contributed by atoms with Crippen LogP contribution in [0, 0.1) is 5.92 Å². The molecule has 0 spiro atoms. The lowest BCUT2D eigenvalue weighted by Gasteiger charge is -2.35. The number of aliphatic hydroxyl groups excluding tert-OH is 1. The molecule has 0 bridgehead atoms. The number of nitrogens with one attached hydrogen (secondary N) is 1. The zero-order chi connectivity index (χ0) is 11.9. The highest BCUT2D eigenvalue weighted by atomic mass is 16.5. The maximum absolute atomic E-state index is 10.2. The van der Waals surface area contributed by atoms with Crippen molar-refractivity contribution < 1.29 is 14.9 Å². The van der Waals surface area contributed by atoms with Gasteiger partial charge in [-0.25, -0.2) is 0 Å². The molecule has 1 fully saturated rings. The van der Waals surface area contributed by atoms with Crippen molar-refractivity contribution in [3.05, 3.63) is 0 Å². The predicted molar refractivity (Wildman–Crippen MR) is 63.4 cm³/mol. The maximum atomic E-state index is 10.2. The first-order valence-corrected chi connectivity index (χ1v) is 6.28. The molecule has 1 aliphatic carbocycles. The Bertz CT molecular complexity index is 179. The Balaban J connectivity index is 2.03. The van der Waals surface area contributed by atoms with Gasteiger partial charge in [0.1, 0.15) is 0 Å². The number of aliphatic hydroxyl groups is 2. The summed E-state index contributed by atoms with van der Waals surface area (Å²) in [6.45, 7) is 4.69. The zero-order valence-corrected chi connectivity index (χ0v) is 10.2. The summed E-state index contributed by atoms with van der Waals surface area (Å²) in [5, 5.41) is 22.0. The minimum atomic E-state index is -0.510. The molecule has 0 aromatic heterocycles. The molecular weight excluding hydrogens is 206 g/mol. The van der Waals surface area contributed by atoms with Gasteiger partial charge in [0.15, 0.2) is 0 Å². The molecule has 0 saturated heterocycles. The van der Waals surface area contributed by atoms with Gasteiger partial charge in [-0.1, -0.05) is 6.92 Å². The summed E-state index contributed by atoms with van der Waals surface area (Å²) in [4.78, 5) is 0. The van der Waals surface area contributed by atoms with Crippen LogP contribution in [0.1, 0.15) is 32.6 Å². The highest BCUT2D eigenvalue weighted by Gasteiger charge is 2.30. The average molecular weight is 231 g/mol. The minimum absolute atomic E-state index is 0.0713. The van der Waals surface area contributed by atoms with Gasteiger partial charge in [-0.05, 0) is 31.6 Å². The van der Waals surface area contributed by atoms with Crippen molar-refractivity contribution in [1.82, 2.24) is 5.32 Å². The number of ether oxygens (including phenoxy) is 1. The molecule has 0 amide bonds. The summed E-state index contributed by atoms with van der Waals surface area (Å²) in [7, 11) is 0. The fourth-order valence-corrected chi connectivity index (χ4v) is 2.11. The van der Waals surface area contributed by atoms with E-state index in [9.17, 15) is 5.11 Å². The van der Waals surface area contributed by atoms with Gasteiger partial charge in [0.2, 0.25) is 0 Å². The second-order valence-electron chi connectivity index (χ2n) is 4.92. The standard InChI is InChI=1S/C12H25NO3/c1-11-2-4-12(15,5-3-11)10-13-6-8-16-9-7-14/h11,13-15H,2-10H2,1H3. The molecule has 1 rings (SSSR count). The Kier molecular flexibility index (Phi) is 6.28. The van der Waals surface area contributed by atoms with Crippen molar-refractivity contribution in [3.8, 4) is 0 Å². The summed E-state index contributed by atoms with van der Waals surface area (Å²) in [5.41, 5.74) is -0.510. The van der Waals surface area contributed by atoms with E-state index in [4.69, 9.17) is 9.84 Å². The van der Waals surface area contributed by atoms with Crippen LogP contribution in [0.2, 0.25) is 0 Å². The van der Waals surface area contributed by atoms with Crippen LogP contribution in [-0.2, 0) is 4.74 Å². The lowest BCUT2D eigenvalue weighted by atomic mass is 9.79. The molecule has 0 aromatic rings. The van der Waals surface area contributed by atoms with Crippen molar-refractivity contribution in [2.24, 2.45) is 5.92 Å². The maximum Gasteiger partial charge on any atom is 0.0771 e. The van der Waals surface area contributed by atoms with Crippen LogP contribution in [0.25, 0.3) is 0 Å². The molecule has 1 saturated carbocycles. The van der Waals surface area contributed by atoms with E-state index >= 15 is 0 Å². The first-order valence-electron chi connectivity index (χ1n) is 6.28. The van der Waals surface area contributed by atoms with Gasteiger partial charge in [-0.3, -0.25) is 0 Å². The highest BCUT2D eigenvalue weighted by Crippen LogP contribution is 2.31. The number of hydrogen-bond donors (Lipinski definition) is 3. The van der Waals surface area contributed by atoms with Gasteiger partial charge >= 0.3 is 0 Å². The molecule has 1 aliphatic rings. The topological polar surface area (TPSA) is 61.7 Å². The summed E-state index contributed by atoms with van der Waals surface area (Å²) < 4.78 is 5.13. The molecule has 96 valence electrons. The van der Waals surface area contributed by atoms with Gasteiger partial charge < -0.3 is 20.3 Å². The van der Waals surface area contributed by atoms with E-state index < -0.39 is 5.60 Å². The molecule has 4 heteroatoms. The zero-order valence-electron chi connectivity index (χ0n) is 10.2. The molecule has 0 atom stereocenters. The third kappa shape index (κ3) is 5.25. The molecule has 0 radical (unpaired) electrons. The second kappa shape index (κ2) is 7.22. The molecule has 3 N–H and O–H groups in total. The third-order valence-electron chi connectivity index (χ3n) is 3.32. The van der Waals surface area contributed by atoms with E-state index in [1.807, 2.05) is 0 Å². The monoisotopic (exact) mass is 231 g/mol. The number of hydrogen-bond acceptors (Lipinski definition) is 4. The fraction of sp³-hybridized carbons (Fsp3) is 1.00. The highest BCUT2D eigenvalue weighted by molar-refractivity contribution is 4.86. The van der Waals surface area contributed by atoms with Crippen LogP contribution in [-0.4, -0.2) is 48.7 Å². The Morgan fingerprint density at radius 3 is 2.62 bits per heavy atom. The average Bonchev–Trinajstić information content (AvgIpc) is 2.28. The van der Waals surface area contributed by atoms with E-state index in [0.29, 0.717) is 19.8 Å². The Hall–Kier alpha value is -0.160. The molecule has 0 heterocycles. The van der Waals surface area contributed by atoms with Crippen LogP contribution >= 0.6 is 0 Å². The van der Waals surface area contributed by atoms with Crippen LogP contribution in [0.15, 0.2) is 0 Å². The summed E-state index contributed by atoms with van der Waals surface area (Å²) in [5.74, 6) is 0.758. The smallest absolute Gasteiger partial charge is 0.0771 e. The quantitative estimate of drug-likeness (QED) is 0.559. The van der Waals surface area contributed by atoms with Crippen molar-refractivity contribution in [1.29, 1.82) is 0 Å². The summed E-state index contributed by atoms with van der Waals surface area (Å²) in [6.07, 6.45) is 4.05. The van der Waals surface area contributed by atoms with Gasteiger partial charge in [-0.2, -0.15) is 0 Å². The molecule has 0 unspecified atom stereocenters. The van der Waals surface area contributed by atoms with E-state index in [1.54, 1.807) is 0 Å².